The van der Waals surface area contributed by atoms with E-state index in [-0.39, 0.29) is 48.8 Å². The van der Waals surface area contributed by atoms with Gasteiger partial charge in [-0.3, -0.25) is 4.79 Å². The monoisotopic (exact) mass is 546 g/mol. The van der Waals surface area contributed by atoms with Crippen LogP contribution in [0.25, 0.3) is 0 Å². The highest BCUT2D eigenvalue weighted by Gasteiger charge is 2.52. The van der Waals surface area contributed by atoms with E-state index in [1.165, 1.54) is 33.5 Å². The van der Waals surface area contributed by atoms with Crippen LogP contribution in [0.1, 0.15) is 47.9 Å². The normalized spacial score (nSPS) is 25.7. The van der Waals surface area contributed by atoms with Gasteiger partial charge in [-0.2, -0.15) is 0 Å². The lowest BCUT2D eigenvalue weighted by molar-refractivity contribution is -0.141. The van der Waals surface area contributed by atoms with E-state index >= 15 is 0 Å². The van der Waals surface area contributed by atoms with Crippen LogP contribution in [0.15, 0.2) is 24.3 Å². The zero-order chi connectivity index (χ0) is 25.5. The third-order valence-corrected chi connectivity index (χ3v) is 8.29. The summed E-state index contributed by atoms with van der Waals surface area (Å²) in [6, 6.07) is 7.54. The standard InChI is InChI=1S/C28H34N2O7.ClH/c1-33-22-10-16(11-23(34-2)27(22)31)24-17-12-20-21(37-15-36-20)13-18(17)26(19-14-35-28(32)25(19)24)29-6-9-30-7-4-3-5-8-30;/h10-13,19,24-26,29,31H,3-9,14-15H2,1-2H3;1H/t19-,24+,25-,26+;/m0./s1. The fraction of sp³-hybridized carbons (Fsp3) is 0.536. The highest BCUT2D eigenvalue weighted by Crippen LogP contribution is 2.55. The number of methoxy groups -OCH3 is 2. The number of nitrogens with zero attached hydrogens (tertiary/aromatic N) is 1. The highest BCUT2D eigenvalue weighted by molar-refractivity contribution is 5.85. The van der Waals surface area contributed by atoms with Crippen molar-refractivity contribution in [2.75, 3.05) is 53.8 Å². The van der Waals surface area contributed by atoms with E-state index in [1.54, 1.807) is 12.1 Å². The number of benzene rings is 2. The Balaban J connectivity index is 0.00000294. The molecule has 0 amide bonds. The fourth-order valence-corrected chi connectivity index (χ4v) is 6.48. The topological polar surface area (TPSA) is 98.7 Å². The van der Waals surface area contributed by atoms with Crippen LogP contribution in [-0.4, -0.2) is 69.8 Å². The second-order valence-corrected chi connectivity index (χ2v) is 10.2. The number of phenolic OH excluding ortho intramolecular Hbond substituents is 1. The summed E-state index contributed by atoms with van der Waals surface area (Å²) >= 11 is 0. The third-order valence-electron chi connectivity index (χ3n) is 8.29. The first-order valence-corrected chi connectivity index (χ1v) is 13.1. The Morgan fingerprint density at radius 3 is 2.29 bits per heavy atom. The van der Waals surface area contributed by atoms with E-state index in [1.807, 2.05) is 6.07 Å². The summed E-state index contributed by atoms with van der Waals surface area (Å²) in [6.07, 6.45) is 3.82. The van der Waals surface area contributed by atoms with E-state index in [4.69, 9.17) is 23.7 Å². The van der Waals surface area contributed by atoms with Gasteiger partial charge in [0.1, 0.15) is 0 Å². The number of esters is 1. The van der Waals surface area contributed by atoms with Crippen LogP contribution in [0.3, 0.4) is 0 Å². The van der Waals surface area contributed by atoms with Gasteiger partial charge in [0.15, 0.2) is 23.0 Å². The van der Waals surface area contributed by atoms with Gasteiger partial charge in [-0.15, -0.1) is 12.4 Å². The van der Waals surface area contributed by atoms with Crippen LogP contribution >= 0.6 is 12.4 Å². The number of carbonyl (C=O) groups excluding carboxylic acids is 1. The number of rotatable bonds is 7. The smallest absolute Gasteiger partial charge is 0.310 e. The first-order chi connectivity index (χ1) is 18.1. The molecule has 3 heterocycles. The Hall–Kier alpha value is -2.88. The second kappa shape index (κ2) is 11.1. The van der Waals surface area contributed by atoms with Gasteiger partial charge in [-0.1, -0.05) is 6.42 Å². The van der Waals surface area contributed by atoms with Crippen molar-refractivity contribution < 1.29 is 33.6 Å². The summed E-state index contributed by atoms with van der Waals surface area (Å²) in [5.74, 6) is 0.890. The lowest BCUT2D eigenvalue weighted by atomic mass is 9.65. The van der Waals surface area contributed by atoms with Gasteiger partial charge < -0.3 is 39.0 Å². The maximum Gasteiger partial charge on any atom is 0.310 e. The Labute approximate surface area is 228 Å². The van der Waals surface area contributed by atoms with Crippen LogP contribution in [0, 0.1) is 11.8 Å². The molecule has 2 saturated heterocycles. The molecule has 3 aliphatic heterocycles. The minimum absolute atomic E-state index is 0. The van der Waals surface area contributed by atoms with Crippen molar-refractivity contribution in [2.45, 2.75) is 31.2 Å². The van der Waals surface area contributed by atoms with Gasteiger partial charge in [0.05, 0.1) is 26.7 Å². The molecule has 0 aromatic heterocycles. The number of likely N-dealkylation sites (tertiary alicyclic amines) is 1. The molecule has 38 heavy (non-hydrogen) atoms. The highest BCUT2D eigenvalue weighted by atomic mass is 35.5. The molecule has 6 rings (SSSR count). The molecule has 2 fully saturated rings. The molecule has 0 bridgehead atoms. The number of carbonyl (C=O) groups is 1. The third kappa shape index (κ3) is 4.61. The summed E-state index contributed by atoms with van der Waals surface area (Å²) in [4.78, 5) is 15.8. The molecule has 2 aromatic rings. The Morgan fingerprint density at radius 2 is 1.63 bits per heavy atom. The van der Waals surface area contributed by atoms with E-state index < -0.39 is 5.92 Å². The number of phenols is 1. The van der Waals surface area contributed by atoms with Crippen LogP contribution in [-0.2, 0) is 9.53 Å². The average Bonchev–Trinajstić information content (AvgIpc) is 3.54. The van der Waals surface area contributed by atoms with Gasteiger partial charge in [0.2, 0.25) is 12.5 Å². The number of halogens is 1. The first-order valence-electron chi connectivity index (χ1n) is 13.1. The van der Waals surface area contributed by atoms with Gasteiger partial charge in [0, 0.05) is 31.0 Å². The Morgan fingerprint density at radius 1 is 0.974 bits per heavy atom. The molecule has 0 radical (unpaired) electrons. The van der Waals surface area contributed by atoms with Crippen molar-refractivity contribution in [3.05, 3.63) is 41.0 Å². The number of aromatic hydroxyl groups is 1. The molecular weight excluding hydrogens is 512 g/mol. The molecule has 2 aromatic carbocycles. The number of ether oxygens (including phenoxy) is 5. The molecule has 0 unspecified atom stereocenters. The van der Waals surface area contributed by atoms with Crippen molar-refractivity contribution >= 4 is 18.4 Å². The maximum absolute atomic E-state index is 13.3. The Bertz CT molecular complexity index is 1160. The first kappa shape index (κ1) is 26.7. The SMILES string of the molecule is COc1cc([C@@H]2c3cc4c(cc3[C@@H](NCCN3CCCCC3)[C@H]3COC(=O)[C@H]23)OCO4)cc(OC)c1O.Cl. The summed E-state index contributed by atoms with van der Waals surface area (Å²) in [5, 5.41) is 14.3. The molecule has 4 aliphatic rings. The molecule has 10 heteroatoms. The Kier molecular flexibility index (Phi) is 7.79. The van der Waals surface area contributed by atoms with Crippen LogP contribution in [0.2, 0.25) is 0 Å². The zero-order valence-corrected chi connectivity index (χ0v) is 22.6. The fourth-order valence-electron chi connectivity index (χ4n) is 6.48. The van der Waals surface area contributed by atoms with Crippen molar-refractivity contribution in [2.24, 2.45) is 11.8 Å². The van der Waals surface area contributed by atoms with Crippen LogP contribution in [0.5, 0.6) is 28.7 Å². The molecule has 9 nitrogen and oxygen atoms in total. The molecule has 1 aliphatic carbocycles. The number of hydrogen-bond donors (Lipinski definition) is 2. The number of cyclic esters (lactones) is 1. The quantitative estimate of drug-likeness (QED) is 0.504. The number of nitrogens with one attached hydrogen (secondary N) is 1. The summed E-state index contributed by atoms with van der Waals surface area (Å²) in [7, 11) is 3.00. The number of piperidine rings is 1. The molecular formula is C28H35ClN2O7. The van der Waals surface area contributed by atoms with E-state index in [2.05, 4.69) is 16.3 Å². The summed E-state index contributed by atoms with van der Waals surface area (Å²) in [5.41, 5.74) is 2.88. The largest absolute Gasteiger partial charge is 0.502 e. The number of hydrogen-bond acceptors (Lipinski definition) is 9. The van der Waals surface area contributed by atoms with Crippen molar-refractivity contribution in [1.29, 1.82) is 0 Å². The maximum atomic E-state index is 13.3. The minimum Gasteiger partial charge on any atom is -0.502 e. The molecule has 206 valence electrons. The molecule has 0 spiro atoms. The van der Waals surface area contributed by atoms with E-state index in [9.17, 15) is 9.90 Å². The van der Waals surface area contributed by atoms with Gasteiger partial charge in [-0.25, -0.2) is 0 Å². The predicted octanol–water partition coefficient (Wildman–Crippen LogP) is 3.61. The number of fused-ring (bicyclic) bond motifs is 3. The lowest BCUT2D eigenvalue weighted by Crippen LogP contribution is -2.43. The zero-order valence-electron chi connectivity index (χ0n) is 21.7. The average molecular weight is 547 g/mol. The van der Waals surface area contributed by atoms with E-state index in [0.717, 1.165) is 42.9 Å². The van der Waals surface area contributed by atoms with Crippen LogP contribution < -0.4 is 24.3 Å². The van der Waals surface area contributed by atoms with Gasteiger partial charge >= 0.3 is 5.97 Å². The van der Waals surface area contributed by atoms with Crippen molar-refractivity contribution in [3.63, 3.8) is 0 Å². The summed E-state index contributed by atoms with van der Waals surface area (Å²) in [6.45, 7) is 4.59. The van der Waals surface area contributed by atoms with E-state index in [0.29, 0.717) is 29.6 Å². The van der Waals surface area contributed by atoms with Gasteiger partial charge in [-0.05, 0) is 66.9 Å². The van der Waals surface area contributed by atoms with Crippen molar-refractivity contribution in [3.8, 4) is 28.7 Å². The second-order valence-electron chi connectivity index (χ2n) is 10.2. The minimum atomic E-state index is -0.403. The van der Waals surface area contributed by atoms with Gasteiger partial charge in [0.25, 0.3) is 0 Å². The van der Waals surface area contributed by atoms with Crippen molar-refractivity contribution in [1.82, 2.24) is 10.2 Å². The molecule has 2 N–H and O–H groups in total. The summed E-state index contributed by atoms with van der Waals surface area (Å²) < 4.78 is 28.1. The molecule has 0 saturated carbocycles. The predicted molar refractivity (Wildman–Crippen MR) is 142 cm³/mol. The van der Waals surface area contributed by atoms with Crippen LogP contribution in [0.4, 0.5) is 0 Å². The molecule has 4 atom stereocenters. The lowest BCUT2D eigenvalue weighted by Gasteiger charge is -2.40.